The Balaban J connectivity index is 4.22. The van der Waals surface area contributed by atoms with Gasteiger partial charge in [-0.25, -0.2) is 0 Å². The first-order chi connectivity index (χ1) is 30.0. The summed E-state index contributed by atoms with van der Waals surface area (Å²) in [5.74, 6) is -0.860. The molecule has 0 aliphatic rings. The third-order valence-corrected chi connectivity index (χ3v) is 12.3. The highest BCUT2D eigenvalue weighted by Crippen LogP contribution is 2.17. The highest BCUT2D eigenvalue weighted by Gasteiger charge is 2.19. The van der Waals surface area contributed by atoms with Gasteiger partial charge in [0, 0.05) is 19.3 Å². The van der Waals surface area contributed by atoms with Crippen molar-refractivity contribution in [2.75, 3.05) is 13.2 Å². The van der Waals surface area contributed by atoms with Gasteiger partial charge in [-0.1, -0.05) is 258 Å². The smallest absolute Gasteiger partial charge is 0.306 e. The van der Waals surface area contributed by atoms with Crippen molar-refractivity contribution in [2.45, 2.75) is 309 Å². The van der Waals surface area contributed by atoms with Gasteiger partial charge in [0.2, 0.25) is 0 Å². The van der Waals surface area contributed by atoms with Gasteiger partial charge in [-0.3, -0.25) is 14.4 Å². The SMILES string of the molecule is CCCC/C=C\CCCCCCCC(=O)OC[C@H](COC(=O)CCCCCCCCCCCCC)OC(=O)CCCCCCCCCCCCCCCCCCCCCCC. The van der Waals surface area contributed by atoms with Crippen LogP contribution in [0.4, 0.5) is 0 Å². The zero-order valence-electron chi connectivity index (χ0n) is 41.2. The van der Waals surface area contributed by atoms with Crippen LogP contribution >= 0.6 is 0 Å². The standard InChI is InChI=1S/C55H104O6/c1-4-7-10-13-16-19-22-23-24-25-26-27-28-29-30-31-34-37-40-43-46-49-55(58)61-52(50-59-53(56)47-44-41-38-35-32-20-17-14-11-8-5-2)51-60-54(57)48-45-42-39-36-33-21-18-15-12-9-6-3/h14,17,52H,4-13,15-16,18-51H2,1-3H3/b17-14-/t52-/m1/s1. The summed E-state index contributed by atoms with van der Waals surface area (Å²) in [7, 11) is 0. The van der Waals surface area contributed by atoms with E-state index in [4.69, 9.17) is 14.2 Å². The average molecular weight is 861 g/mol. The first kappa shape index (κ1) is 59.1. The number of esters is 3. The van der Waals surface area contributed by atoms with Gasteiger partial charge >= 0.3 is 17.9 Å². The van der Waals surface area contributed by atoms with E-state index in [1.165, 1.54) is 199 Å². The fourth-order valence-electron chi connectivity index (χ4n) is 8.13. The fraction of sp³-hybridized carbons (Fsp3) is 0.909. The minimum atomic E-state index is -0.766. The minimum absolute atomic E-state index is 0.0674. The zero-order chi connectivity index (χ0) is 44.4. The molecule has 360 valence electrons. The zero-order valence-corrected chi connectivity index (χ0v) is 41.2. The van der Waals surface area contributed by atoms with Crippen LogP contribution in [-0.2, 0) is 28.6 Å². The maximum atomic E-state index is 12.8. The highest BCUT2D eigenvalue weighted by atomic mass is 16.6. The van der Waals surface area contributed by atoms with E-state index in [0.717, 1.165) is 64.2 Å². The Labute approximate surface area is 380 Å². The summed E-state index contributed by atoms with van der Waals surface area (Å²) in [4.78, 5) is 37.9. The normalized spacial score (nSPS) is 12.0. The number of rotatable bonds is 50. The van der Waals surface area contributed by atoms with Crippen molar-refractivity contribution >= 4 is 17.9 Å². The molecule has 0 aromatic carbocycles. The van der Waals surface area contributed by atoms with E-state index in [1.54, 1.807) is 0 Å². The van der Waals surface area contributed by atoms with E-state index in [0.29, 0.717) is 19.3 Å². The van der Waals surface area contributed by atoms with Crippen molar-refractivity contribution in [3.05, 3.63) is 12.2 Å². The molecule has 0 fully saturated rings. The third-order valence-electron chi connectivity index (χ3n) is 12.3. The van der Waals surface area contributed by atoms with Crippen molar-refractivity contribution in [1.82, 2.24) is 0 Å². The van der Waals surface area contributed by atoms with Crippen molar-refractivity contribution < 1.29 is 28.6 Å². The van der Waals surface area contributed by atoms with Crippen LogP contribution in [0.2, 0.25) is 0 Å². The molecule has 0 saturated heterocycles. The lowest BCUT2D eigenvalue weighted by Crippen LogP contribution is -2.30. The fourth-order valence-corrected chi connectivity index (χ4v) is 8.13. The molecule has 0 saturated carbocycles. The Morgan fingerprint density at radius 2 is 0.557 bits per heavy atom. The van der Waals surface area contributed by atoms with E-state index in [1.807, 2.05) is 0 Å². The molecule has 6 heteroatoms. The number of hydrogen-bond donors (Lipinski definition) is 0. The molecule has 61 heavy (non-hydrogen) atoms. The van der Waals surface area contributed by atoms with Crippen molar-refractivity contribution in [2.24, 2.45) is 0 Å². The molecule has 6 nitrogen and oxygen atoms in total. The molecule has 0 heterocycles. The summed E-state index contributed by atoms with van der Waals surface area (Å²) in [6.45, 7) is 6.63. The number of allylic oxidation sites excluding steroid dienone is 2. The maximum absolute atomic E-state index is 12.8. The van der Waals surface area contributed by atoms with Crippen molar-refractivity contribution in [1.29, 1.82) is 0 Å². The van der Waals surface area contributed by atoms with Crippen LogP contribution < -0.4 is 0 Å². The quantitative estimate of drug-likeness (QED) is 0.0262. The van der Waals surface area contributed by atoms with Crippen LogP contribution in [0.3, 0.4) is 0 Å². The van der Waals surface area contributed by atoms with E-state index in [9.17, 15) is 14.4 Å². The van der Waals surface area contributed by atoms with Crippen LogP contribution in [0.5, 0.6) is 0 Å². The van der Waals surface area contributed by atoms with Gasteiger partial charge in [-0.05, 0) is 38.5 Å². The summed E-state index contributed by atoms with van der Waals surface area (Å²) >= 11 is 0. The first-order valence-corrected chi connectivity index (χ1v) is 27.2. The number of ether oxygens (including phenoxy) is 3. The lowest BCUT2D eigenvalue weighted by molar-refractivity contribution is -0.167. The predicted molar refractivity (Wildman–Crippen MR) is 261 cm³/mol. The highest BCUT2D eigenvalue weighted by molar-refractivity contribution is 5.71. The summed E-state index contributed by atoms with van der Waals surface area (Å²) in [5.41, 5.74) is 0. The number of unbranched alkanes of at least 4 members (excludes halogenated alkanes) is 37. The largest absolute Gasteiger partial charge is 0.462 e. The molecule has 0 unspecified atom stereocenters. The summed E-state index contributed by atoms with van der Waals surface area (Å²) in [5, 5.41) is 0. The van der Waals surface area contributed by atoms with Crippen LogP contribution in [0.15, 0.2) is 12.2 Å². The van der Waals surface area contributed by atoms with E-state index in [2.05, 4.69) is 32.9 Å². The Kier molecular flexibility index (Phi) is 49.3. The lowest BCUT2D eigenvalue weighted by Gasteiger charge is -2.18. The van der Waals surface area contributed by atoms with Gasteiger partial charge in [-0.15, -0.1) is 0 Å². The van der Waals surface area contributed by atoms with E-state index < -0.39 is 6.10 Å². The third kappa shape index (κ3) is 49.0. The molecule has 1 atom stereocenters. The monoisotopic (exact) mass is 861 g/mol. The van der Waals surface area contributed by atoms with Gasteiger partial charge in [0.25, 0.3) is 0 Å². The van der Waals surface area contributed by atoms with Crippen LogP contribution in [-0.4, -0.2) is 37.2 Å². The van der Waals surface area contributed by atoms with Crippen molar-refractivity contribution in [3.63, 3.8) is 0 Å². The first-order valence-electron chi connectivity index (χ1n) is 27.2. The van der Waals surface area contributed by atoms with Crippen molar-refractivity contribution in [3.8, 4) is 0 Å². The summed E-state index contributed by atoms with van der Waals surface area (Å²) < 4.78 is 16.8. The topological polar surface area (TPSA) is 78.9 Å². The second-order valence-corrected chi connectivity index (χ2v) is 18.5. The number of carbonyl (C=O) groups excluding carboxylic acids is 3. The van der Waals surface area contributed by atoms with E-state index >= 15 is 0 Å². The Morgan fingerprint density at radius 1 is 0.311 bits per heavy atom. The molecule has 0 aliphatic carbocycles. The molecule has 0 aromatic heterocycles. The average Bonchev–Trinajstić information content (AvgIpc) is 3.26. The Bertz CT molecular complexity index is 947. The molecule has 0 rings (SSSR count). The molecule has 0 bridgehead atoms. The Hall–Kier alpha value is -1.85. The maximum Gasteiger partial charge on any atom is 0.306 e. The molecule has 0 aliphatic heterocycles. The van der Waals surface area contributed by atoms with Gasteiger partial charge in [0.1, 0.15) is 13.2 Å². The van der Waals surface area contributed by atoms with E-state index in [-0.39, 0.29) is 31.1 Å². The minimum Gasteiger partial charge on any atom is -0.462 e. The van der Waals surface area contributed by atoms with Gasteiger partial charge in [0.15, 0.2) is 6.10 Å². The van der Waals surface area contributed by atoms with Crippen LogP contribution in [0, 0.1) is 0 Å². The van der Waals surface area contributed by atoms with Gasteiger partial charge in [-0.2, -0.15) is 0 Å². The van der Waals surface area contributed by atoms with Crippen LogP contribution in [0.1, 0.15) is 303 Å². The number of hydrogen-bond acceptors (Lipinski definition) is 6. The molecule has 0 aromatic rings. The number of carbonyl (C=O) groups is 3. The molecular formula is C55H104O6. The molecule has 0 amide bonds. The second-order valence-electron chi connectivity index (χ2n) is 18.5. The Morgan fingerprint density at radius 3 is 0.869 bits per heavy atom. The van der Waals surface area contributed by atoms with Gasteiger partial charge in [0.05, 0.1) is 0 Å². The summed E-state index contributed by atoms with van der Waals surface area (Å²) in [6, 6.07) is 0. The van der Waals surface area contributed by atoms with Crippen LogP contribution in [0.25, 0.3) is 0 Å². The molecular weight excluding hydrogens is 757 g/mol. The summed E-state index contributed by atoms with van der Waals surface area (Å²) in [6.07, 6.45) is 56.4. The molecule has 0 spiro atoms. The lowest BCUT2D eigenvalue weighted by atomic mass is 10.0. The second kappa shape index (κ2) is 50.8. The molecule has 0 radical (unpaired) electrons. The predicted octanol–water partition coefficient (Wildman–Crippen LogP) is 17.8. The van der Waals surface area contributed by atoms with Gasteiger partial charge < -0.3 is 14.2 Å². The molecule has 0 N–H and O–H groups in total.